The van der Waals surface area contributed by atoms with Gasteiger partial charge >= 0.3 is 0 Å². The molecule has 0 saturated carbocycles. The summed E-state index contributed by atoms with van der Waals surface area (Å²) in [6, 6.07) is 13.0. The van der Waals surface area contributed by atoms with Gasteiger partial charge in [-0.25, -0.2) is 4.39 Å². The van der Waals surface area contributed by atoms with E-state index in [9.17, 15) is 4.39 Å². The van der Waals surface area contributed by atoms with Gasteiger partial charge in [0.25, 0.3) is 0 Å². The normalized spacial score (nSPS) is 11.7. The van der Waals surface area contributed by atoms with Gasteiger partial charge in [-0.1, -0.05) is 30.3 Å². The molecule has 0 aliphatic heterocycles. The first kappa shape index (κ1) is 12.9. The minimum atomic E-state index is -0.244. The van der Waals surface area contributed by atoms with Crippen LogP contribution in [0.1, 0.15) is 16.7 Å². The molecule has 0 N–H and O–H groups in total. The van der Waals surface area contributed by atoms with Crippen LogP contribution in [-0.2, 0) is 0 Å². The van der Waals surface area contributed by atoms with Crippen molar-refractivity contribution in [1.82, 2.24) is 0 Å². The second kappa shape index (κ2) is 5.41. The number of rotatable bonds is 2. The van der Waals surface area contributed by atoms with Crippen LogP contribution in [0.4, 0.5) is 4.39 Å². The van der Waals surface area contributed by atoms with Crippen molar-refractivity contribution in [3.8, 4) is 0 Å². The predicted octanol–water partition coefficient (Wildman–Crippen LogP) is 3.10. The Morgan fingerprint density at radius 1 is 1.11 bits per heavy atom. The van der Waals surface area contributed by atoms with Gasteiger partial charge in [0, 0.05) is 18.2 Å². The number of hydrogen-bond donors (Lipinski definition) is 0. The summed E-state index contributed by atoms with van der Waals surface area (Å²) in [7, 11) is 4.18. The lowest BCUT2D eigenvalue weighted by atomic mass is 9.98. The smallest absolute Gasteiger partial charge is 0.133 e. The zero-order valence-electron chi connectivity index (χ0n) is 10.4. The van der Waals surface area contributed by atoms with Crippen LogP contribution in [-0.4, -0.2) is 12.8 Å². The van der Waals surface area contributed by atoms with E-state index in [0.717, 1.165) is 16.4 Å². The van der Waals surface area contributed by atoms with Crippen molar-refractivity contribution >= 4 is 20.3 Å². The summed E-state index contributed by atoms with van der Waals surface area (Å²) in [5.41, 5.74) is 3.29. The Morgan fingerprint density at radius 2 is 1.83 bits per heavy atom. The minimum Gasteiger partial charge on any atom is -0.287 e. The lowest BCUT2D eigenvalue weighted by Crippen LogP contribution is -2.09. The van der Waals surface area contributed by atoms with E-state index in [-0.39, 0.29) is 5.82 Å². The Kier molecular flexibility index (Phi) is 3.88. The molecule has 0 heterocycles. The molecule has 0 bridgehead atoms. The number of nitrogens with zero attached hydrogens (tertiary/aromatic N) is 1. The summed E-state index contributed by atoms with van der Waals surface area (Å²) in [4.78, 5) is 4.25. The molecular formula is C15H15FNP. The SMILES string of the molecule is C/N=C(\c1ccccc1C)c1ccc(P)cc1F. The average molecular weight is 259 g/mol. The Bertz CT molecular complexity index is 605. The highest BCUT2D eigenvalue weighted by atomic mass is 31.0. The third-order valence-corrected chi connectivity index (χ3v) is 3.23. The molecule has 0 saturated heterocycles. The molecule has 0 aliphatic rings. The van der Waals surface area contributed by atoms with Crippen molar-refractivity contribution in [3.05, 3.63) is 65.0 Å². The maximum atomic E-state index is 14.0. The zero-order valence-corrected chi connectivity index (χ0v) is 11.6. The van der Waals surface area contributed by atoms with Crippen LogP contribution in [0.5, 0.6) is 0 Å². The van der Waals surface area contributed by atoms with Crippen molar-refractivity contribution in [3.63, 3.8) is 0 Å². The van der Waals surface area contributed by atoms with Crippen LogP contribution in [0, 0.1) is 12.7 Å². The zero-order chi connectivity index (χ0) is 13.1. The van der Waals surface area contributed by atoms with Crippen LogP contribution in [0.25, 0.3) is 0 Å². The molecule has 1 nitrogen and oxygen atoms in total. The summed E-state index contributed by atoms with van der Waals surface area (Å²) >= 11 is 0. The van der Waals surface area contributed by atoms with Crippen LogP contribution < -0.4 is 5.30 Å². The fourth-order valence-electron chi connectivity index (χ4n) is 1.95. The molecule has 2 rings (SSSR count). The third kappa shape index (κ3) is 2.49. The summed E-state index contributed by atoms with van der Waals surface area (Å²) in [5.74, 6) is -0.244. The van der Waals surface area contributed by atoms with Gasteiger partial charge in [0.15, 0.2) is 0 Å². The molecule has 0 aliphatic carbocycles. The van der Waals surface area contributed by atoms with E-state index in [4.69, 9.17) is 0 Å². The second-order valence-corrected chi connectivity index (χ2v) is 4.79. The molecule has 0 radical (unpaired) electrons. The molecule has 18 heavy (non-hydrogen) atoms. The molecule has 0 spiro atoms. The molecule has 0 aromatic heterocycles. The van der Waals surface area contributed by atoms with Crippen molar-refractivity contribution < 1.29 is 4.39 Å². The molecule has 2 aromatic carbocycles. The van der Waals surface area contributed by atoms with Gasteiger partial charge in [-0.15, -0.1) is 9.24 Å². The number of aliphatic imine (C=N–C) groups is 1. The van der Waals surface area contributed by atoms with Crippen molar-refractivity contribution in [2.75, 3.05) is 7.05 Å². The number of benzene rings is 2. The van der Waals surface area contributed by atoms with Crippen LogP contribution in [0.3, 0.4) is 0 Å². The number of halogens is 1. The topological polar surface area (TPSA) is 12.4 Å². The van der Waals surface area contributed by atoms with Crippen molar-refractivity contribution in [1.29, 1.82) is 0 Å². The first-order valence-corrected chi connectivity index (χ1v) is 6.29. The highest BCUT2D eigenvalue weighted by Gasteiger charge is 2.12. The molecule has 1 atom stereocenters. The maximum Gasteiger partial charge on any atom is 0.133 e. The number of aryl methyl sites for hydroxylation is 1. The molecule has 3 heteroatoms. The van der Waals surface area contributed by atoms with Crippen molar-refractivity contribution in [2.24, 2.45) is 4.99 Å². The largest absolute Gasteiger partial charge is 0.287 e. The number of hydrogen-bond acceptors (Lipinski definition) is 1. The van der Waals surface area contributed by atoms with E-state index in [2.05, 4.69) is 14.2 Å². The van der Waals surface area contributed by atoms with Crippen LogP contribution in [0.2, 0.25) is 0 Å². The highest BCUT2D eigenvalue weighted by Crippen LogP contribution is 2.17. The molecule has 92 valence electrons. The van der Waals surface area contributed by atoms with Gasteiger partial charge in [0.2, 0.25) is 0 Å². The van der Waals surface area contributed by atoms with Gasteiger partial charge < -0.3 is 0 Å². The molecular weight excluding hydrogens is 244 g/mol. The summed E-state index contributed by atoms with van der Waals surface area (Å²) in [6.45, 7) is 2.00. The monoisotopic (exact) mass is 259 g/mol. The lowest BCUT2D eigenvalue weighted by molar-refractivity contribution is 0.626. The lowest BCUT2D eigenvalue weighted by Gasteiger charge is -2.10. The van der Waals surface area contributed by atoms with Gasteiger partial charge in [0.05, 0.1) is 5.71 Å². The van der Waals surface area contributed by atoms with Crippen LogP contribution >= 0.6 is 9.24 Å². The fourth-order valence-corrected chi connectivity index (χ4v) is 2.19. The minimum absolute atomic E-state index is 0.244. The third-order valence-electron chi connectivity index (χ3n) is 2.87. The Balaban J connectivity index is 2.57. The van der Waals surface area contributed by atoms with E-state index in [1.54, 1.807) is 13.1 Å². The maximum absolute atomic E-state index is 14.0. The van der Waals surface area contributed by atoms with Crippen molar-refractivity contribution in [2.45, 2.75) is 6.92 Å². The molecule has 2 aromatic rings. The summed E-state index contributed by atoms with van der Waals surface area (Å²) in [6.07, 6.45) is 0. The fraction of sp³-hybridized carbons (Fsp3) is 0.133. The first-order chi connectivity index (χ1) is 8.63. The summed E-state index contributed by atoms with van der Waals surface area (Å²) in [5, 5.41) is 0.830. The predicted molar refractivity (Wildman–Crippen MR) is 78.5 cm³/mol. The highest BCUT2D eigenvalue weighted by molar-refractivity contribution is 7.27. The standard InChI is InChI=1S/C15H15FNP/c1-10-5-3-4-6-12(10)15(17-2)13-8-7-11(18)9-14(13)16/h3-9H,18H2,1-2H3/b17-15+. The molecule has 1 unspecified atom stereocenters. The van der Waals surface area contributed by atoms with E-state index in [0.29, 0.717) is 11.3 Å². The van der Waals surface area contributed by atoms with E-state index < -0.39 is 0 Å². The Morgan fingerprint density at radius 3 is 2.44 bits per heavy atom. The van der Waals surface area contributed by atoms with Gasteiger partial charge in [-0.3, -0.25) is 4.99 Å². The van der Waals surface area contributed by atoms with Crippen LogP contribution in [0.15, 0.2) is 47.5 Å². The molecule has 0 amide bonds. The van der Waals surface area contributed by atoms with Gasteiger partial charge in [0.1, 0.15) is 5.82 Å². The second-order valence-electron chi connectivity index (χ2n) is 4.13. The Labute approximate surface area is 109 Å². The average Bonchev–Trinajstić information content (AvgIpc) is 2.34. The Hall–Kier alpha value is -1.53. The molecule has 0 fully saturated rings. The first-order valence-electron chi connectivity index (χ1n) is 5.71. The van der Waals surface area contributed by atoms with Gasteiger partial charge in [-0.05, 0) is 29.9 Å². The van der Waals surface area contributed by atoms with E-state index >= 15 is 0 Å². The summed E-state index contributed by atoms with van der Waals surface area (Å²) < 4.78 is 14.0. The quantitative estimate of drug-likeness (QED) is 0.580. The van der Waals surface area contributed by atoms with E-state index in [1.165, 1.54) is 6.07 Å². The van der Waals surface area contributed by atoms with E-state index in [1.807, 2.05) is 37.3 Å². The van der Waals surface area contributed by atoms with Gasteiger partial charge in [-0.2, -0.15) is 0 Å².